The van der Waals surface area contributed by atoms with Crippen LogP contribution in [0.25, 0.3) is 0 Å². The Hall–Kier alpha value is 0.537. The van der Waals surface area contributed by atoms with E-state index in [1.807, 2.05) is 0 Å². The van der Waals surface area contributed by atoms with Gasteiger partial charge in [0.25, 0.3) is 0 Å². The van der Waals surface area contributed by atoms with E-state index in [4.69, 9.17) is 0 Å². The van der Waals surface area contributed by atoms with Gasteiger partial charge in [0.05, 0.1) is 0 Å². The molecule has 0 unspecified atom stereocenters. The molecule has 0 heterocycles. The zero-order valence-corrected chi connectivity index (χ0v) is 51.5. The topological polar surface area (TPSA) is 80.3 Å². The van der Waals surface area contributed by atoms with Crippen LogP contribution in [-0.2, 0) is 9.59 Å². The molecule has 0 aliphatic rings. The number of carbonyl (C=O) groups is 2. The minimum atomic E-state index is -0.909. The van der Waals surface area contributed by atoms with Crippen molar-refractivity contribution in [2.75, 3.05) is 0 Å². The van der Waals surface area contributed by atoms with Gasteiger partial charge < -0.3 is 19.8 Å². The van der Waals surface area contributed by atoms with E-state index in [-0.39, 0.29) is 57.9 Å². The first-order chi connectivity index (χ1) is 32.0. The molecule has 0 amide bonds. The van der Waals surface area contributed by atoms with Crippen molar-refractivity contribution in [2.24, 2.45) is 0 Å². The quantitative estimate of drug-likeness (QED) is 0.0449. The van der Waals surface area contributed by atoms with Gasteiger partial charge in [-0.25, -0.2) is 0 Å². The van der Waals surface area contributed by atoms with Crippen LogP contribution in [-0.4, -0.2) is 57.0 Å². The molecular formula is C60H120O4Sn2+4. The van der Waals surface area contributed by atoms with Gasteiger partial charge in [-0.3, -0.25) is 0 Å². The normalized spacial score (nSPS) is 10.7. The first-order valence-electron chi connectivity index (χ1n) is 30.1. The van der Waals surface area contributed by atoms with E-state index in [2.05, 4.69) is 27.7 Å². The molecule has 0 aliphatic carbocycles. The second-order valence-electron chi connectivity index (χ2n) is 20.3. The Bertz CT molecular complexity index is 773. The van der Waals surface area contributed by atoms with Crippen molar-refractivity contribution in [2.45, 2.75) is 370 Å². The molecule has 6 heteroatoms. The fraction of sp³-hybridized carbons (Fsp3) is 0.967. The van der Waals surface area contributed by atoms with Crippen molar-refractivity contribution in [3.05, 3.63) is 0 Å². The number of rotatable bonds is 54. The van der Waals surface area contributed by atoms with E-state index in [0.717, 1.165) is 25.7 Å². The molecule has 4 nitrogen and oxygen atoms in total. The average molecular weight is 1140 g/mol. The van der Waals surface area contributed by atoms with Crippen LogP contribution < -0.4 is 10.2 Å². The van der Waals surface area contributed by atoms with Gasteiger partial charge in [-0.05, 0) is 25.7 Å². The van der Waals surface area contributed by atoms with Crippen molar-refractivity contribution < 1.29 is 19.8 Å². The summed E-state index contributed by atoms with van der Waals surface area (Å²) in [4.78, 5) is 20.2. The Balaban J connectivity index is -0.000000540. The molecule has 0 aliphatic heterocycles. The monoisotopic (exact) mass is 1140 g/mol. The third kappa shape index (κ3) is 81.5. The van der Waals surface area contributed by atoms with E-state index >= 15 is 0 Å². The number of unbranched alkanes of at least 4 members (excludes halogenated alkanes) is 46. The maximum absolute atomic E-state index is 10.1. The SMILES string of the molecule is CCCCCCCCCCCC(=O)[O-].CCCCCCCCCCCC(=O)[O-].CCCCCCCCCCCCCCCCC[CH2][Sn+2][CH2]CCCCCCCCCCCCCCCCC.[Sn+4]. The molecule has 0 saturated carbocycles. The third-order valence-corrected chi connectivity index (χ3v) is 17.4. The number of hydrogen-bond donors (Lipinski definition) is 0. The Kier molecular flexibility index (Phi) is 79.8. The average Bonchev–Trinajstić information content (AvgIpc) is 3.29. The van der Waals surface area contributed by atoms with Gasteiger partial charge in [0.2, 0.25) is 0 Å². The van der Waals surface area contributed by atoms with Crippen molar-refractivity contribution in [1.29, 1.82) is 0 Å². The van der Waals surface area contributed by atoms with Crippen LogP contribution in [0.2, 0.25) is 8.87 Å². The molecular weight excluding hydrogens is 1020 g/mol. The van der Waals surface area contributed by atoms with Gasteiger partial charge in [-0.15, -0.1) is 0 Å². The summed E-state index contributed by atoms with van der Waals surface area (Å²) in [5.41, 5.74) is 0. The summed E-state index contributed by atoms with van der Waals surface area (Å²) in [7, 11) is 0. The summed E-state index contributed by atoms with van der Waals surface area (Å²) in [6.45, 7) is 9.07. The number of carbonyl (C=O) groups excluding carboxylic acids is 2. The van der Waals surface area contributed by atoms with E-state index in [9.17, 15) is 19.8 Å². The van der Waals surface area contributed by atoms with E-state index < -0.39 is 11.9 Å². The van der Waals surface area contributed by atoms with Gasteiger partial charge in [0.15, 0.2) is 0 Å². The van der Waals surface area contributed by atoms with E-state index in [1.165, 1.54) is 283 Å². The van der Waals surface area contributed by atoms with Gasteiger partial charge in [-0.2, -0.15) is 0 Å². The summed E-state index contributed by atoms with van der Waals surface area (Å²) >= 11 is 0.00985. The fourth-order valence-electron chi connectivity index (χ4n) is 8.88. The van der Waals surface area contributed by atoms with Gasteiger partial charge in [0, 0.05) is 11.9 Å². The Morgan fingerprint density at radius 1 is 0.242 bits per heavy atom. The second kappa shape index (κ2) is 72.1. The molecule has 66 heavy (non-hydrogen) atoms. The van der Waals surface area contributed by atoms with Crippen molar-refractivity contribution in [3.63, 3.8) is 0 Å². The van der Waals surface area contributed by atoms with Crippen LogP contribution in [0.3, 0.4) is 0 Å². The van der Waals surface area contributed by atoms with Crippen molar-refractivity contribution >= 4 is 57.0 Å². The molecule has 0 saturated heterocycles. The molecule has 0 spiro atoms. The predicted octanol–water partition coefficient (Wildman–Crippen LogP) is 19.0. The first-order valence-corrected chi connectivity index (χ1v) is 34.1. The number of carboxylic acid groups (broad SMARTS) is 2. The van der Waals surface area contributed by atoms with Crippen LogP contribution >= 0.6 is 0 Å². The fourth-order valence-corrected chi connectivity index (χ4v) is 12.4. The van der Waals surface area contributed by atoms with Crippen LogP contribution in [0.4, 0.5) is 0 Å². The first kappa shape index (κ1) is 73.1. The molecule has 0 aromatic heterocycles. The summed E-state index contributed by atoms with van der Waals surface area (Å²) in [6, 6.07) is 0. The van der Waals surface area contributed by atoms with Crippen LogP contribution in [0, 0.1) is 0 Å². The van der Waals surface area contributed by atoms with Gasteiger partial charge >= 0.3 is 195 Å². The summed E-state index contributed by atoms with van der Waals surface area (Å²) in [5.74, 6) is -1.82. The molecule has 0 bridgehead atoms. The number of aliphatic carboxylic acids is 2. The van der Waals surface area contributed by atoms with Crippen molar-refractivity contribution in [3.8, 4) is 0 Å². The molecule has 388 valence electrons. The van der Waals surface area contributed by atoms with Gasteiger partial charge in [-0.1, -0.05) is 195 Å². The molecule has 0 fully saturated rings. The van der Waals surface area contributed by atoms with Crippen LogP contribution in [0.5, 0.6) is 0 Å². The molecule has 0 rings (SSSR count). The van der Waals surface area contributed by atoms with Crippen molar-refractivity contribution in [1.82, 2.24) is 0 Å². The summed E-state index contributed by atoms with van der Waals surface area (Å²) in [5, 5.41) is 20.2. The Morgan fingerprint density at radius 2 is 0.379 bits per heavy atom. The molecule has 0 aromatic rings. The number of hydrogen-bond acceptors (Lipinski definition) is 4. The zero-order valence-electron chi connectivity index (χ0n) is 45.8. The summed E-state index contributed by atoms with van der Waals surface area (Å²) < 4.78 is 3.33. The Labute approximate surface area is 444 Å². The van der Waals surface area contributed by atoms with Crippen LogP contribution in [0.15, 0.2) is 0 Å². The standard InChI is InChI=1S/2C18H37.2C12H24O2.2Sn/c2*1-3-5-7-9-11-13-15-17-18-16-14-12-10-8-6-4-2;2*1-2-3-4-5-6-7-8-9-10-11-12(13)14;;/h2*1,3-18H2,2H3;2*2-11H2,1H3,(H,13,14);;/q;;;;+2;+4/p-2. The predicted molar refractivity (Wildman–Crippen MR) is 294 cm³/mol. The van der Waals surface area contributed by atoms with E-state index in [1.54, 1.807) is 21.7 Å². The second-order valence-corrected chi connectivity index (χ2v) is 24.5. The van der Waals surface area contributed by atoms with Gasteiger partial charge in [0.1, 0.15) is 0 Å². The zero-order chi connectivity index (χ0) is 48.0. The van der Waals surface area contributed by atoms with Crippen LogP contribution in [0.1, 0.15) is 362 Å². The minimum absolute atomic E-state index is 0. The Morgan fingerprint density at radius 3 is 0.530 bits per heavy atom. The molecule has 0 atom stereocenters. The maximum atomic E-state index is 10.1. The third-order valence-electron chi connectivity index (χ3n) is 13.4. The molecule has 0 N–H and O–H groups in total. The van der Waals surface area contributed by atoms with E-state index in [0.29, 0.717) is 0 Å². The molecule has 0 radical (unpaired) electrons. The number of carboxylic acids is 2. The summed E-state index contributed by atoms with van der Waals surface area (Å²) in [6.07, 6.45) is 70.2. The molecule has 0 aromatic carbocycles. The smallest absolute Gasteiger partial charge is 0.0654 e. The minimum Gasteiger partial charge on any atom is -0.0654 e.